The van der Waals surface area contributed by atoms with E-state index in [1.807, 2.05) is 19.9 Å². The van der Waals surface area contributed by atoms with Gasteiger partial charge in [0.05, 0.1) is 27.7 Å². The van der Waals surface area contributed by atoms with Gasteiger partial charge in [0.15, 0.2) is 5.72 Å². The number of rotatable bonds is 8. The van der Waals surface area contributed by atoms with Crippen molar-refractivity contribution in [1.82, 2.24) is 19.9 Å². The molecule has 39 heavy (non-hydrogen) atoms. The van der Waals surface area contributed by atoms with Crippen molar-refractivity contribution in [3.63, 3.8) is 0 Å². The Kier molecular flexibility index (Phi) is 6.74. The molecule has 1 aromatic carbocycles. The molecule has 0 bridgehead atoms. The van der Waals surface area contributed by atoms with E-state index < -0.39 is 17.7 Å². The number of aliphatic hydroxyl groups excluding tert-OH is 2. The summed E-state index contributed by atoms with van der Waals surface area (Å²) in [4.78, 5) is 19.0. The molecule has 5 N–H and O–H groups in total. The van der Waals surface area contributed by atoms with Crippen molar-refractivity contribution < 1.29 is 15.3 Å². The Hall–Kier alpha value is -3.18. The van der Waals surface area contributed by atoms with Gasteiger partial charge in [0.25, 0.3) is 0 Å². The molecule has 9 nitrogen and oxygen atoms in total. The average Bonchev–Trinajstić information content (AvgIpc) is 3.59. The van der Waals surface area contributed by atoms with Crippen molar-refractivity contribution in [2.45, 2.75) is 64.3 Å². The Morgan fingerprint density at radius 1 is 1.03 bits per heavy atom. The minimum Gasteiger partial charge on any atom is -0.396 e. The van der Waals surface area contributed by atoms with Crippen LogP contribution in [0.25, 0.3) is 20.8 Å². The van der Waals surface area contributed by atoms with Gasteiger partial charge in [-0.2, -0.15) is 4.98 Å². The lowest BCUT2D eigenvalue weighted by molar-refractivity contribution is -0.0545. The summed E-state index contributed by atoms with van der Waals surface area (Å²) in [5, 5.41) is 39.5. The van der Waals surface area contributed by atoms with Crippen LogP contribution < -0.4 is 10.6 Å². The van der Waals surface area contributed by atoms with Gasteiger partial charge in [-0.25, -0.2) is 9.97 Å². The number of hydrogen-bond acceptors (Lipinski definition) is 10. The summed E-state index contributed by atoms with van der Waals surface area (Å²) in [6.07, 6.45) is 3.68. The molecule has 0 spiro atoms. The second kappa shape index (κ2) is 10.1. The zero-order chi connectivity index (χ0) is 27.3. The molecule has 10 heteroatoms. The molecule has 2 aliphatic rings. The molecule has 0 radical (unpaired) electrons. The summed E-state index contributed by atoms with van der Waals surface area (Å²) >= 11 is 1.51. The van der Waals surface area contributed by atoms with E-state index >= 15 is 0 Å². The van der Waals surface area contributed by atoms with E-state index in [0.717, 1.165) is 28.8 Å². The van der Waals surface area contributed by atoms with Crippen LogP contribution in [0.1, 0.15) is 54.2 Å². The molecule has 4 unspecified atom stereocenters. The standard InChI is InChI=1S/C29H34N6O3S/c1-15-4-6-18(7-5-15)24(19-8-9-19)33-28-31-16(2)22(27-32-23-17(3)30-13-11-21(23)39-27)26(34-28)35-29(38)12-10-20(14-36)25(29)37/h4-7,11,13,19-20,24-25,36-38H,8-10,12,14H2,1-3H3,(H2,31,33,34,35). The Morgan fingerprint density at radius 3 is 2.46 bits per heavy atom. The zero-order valence-electron chi connectivity index (χ0n) is 22.3. The summed E-state index contributed by atoms with van der Waals surface area (Å²) in [6.45, 7) is 5.72. The number of aryl methyl sites for hydroxylation is 3. The topological polar surface area (TPSA) is 136 Å². The van der Waals surface area contributed by atoms with Crippen LogP contribution in [0.2, 0.25) is 0 Å². The van der Waals surface area contributed by atoms with Gasteiger partial charge < -0.3 is 26.0 Å². The van der Waals surface area contributed by atoms with Crippen molar-refractivity contribution in [2.24, 2.45) is 11.8 Å². The molecule has 0 saturated heterocycles. The molecule has 2 aliphatic carbocycles. The van der Waals surface area contributed by atoms with Crippen LogP contribution in [0.3, 0.4) is 0 Å². The summed E-state index contributed by atoms with van der Waals surface area (Å²) in [6, 6.07) is 10.5. The number of fused-ring (bicyclic) bond motifs is 1. The smallest absolute Gasteiger partial charge is 0.225 e. The fourth-order valence-electron chi connectivity index (χ4n) is 5.52. The van der Waals surface area contributed by atoms with Crippen LogP contribution in [0, 0.1) is 32.6 Å². The highest BCUT2D eigenvalue weighted by atomic mass is 32.1. The maximum Gasteiger partial charge on any atom is 0.225 e. The number of benzene rings is 1. The predicted octanol–water partition coefficient (Wildman–Crippen LogP) is 4.50. The summed E-state index contributed by atoms with van der Waals surface area (Å²) < 4.78 is 0.998. The summed E-state index contributed by atoms with van der Waals surface area (Å²) in [5.41, 5.74) is 3.79. The summed E-state index contributed by atoms with van der Waals surface area (Å²) in [7, 11) is 0. The van der Waals surface area contributed by atoms with Gasteiger partial charge in [0.2, 0.25) is 5.95 Å². The third-order valence-electron chi connectivity index (χ3n) is 8.01. The molecule has 2 saturated carbocycles. The average molecular weight is 547 g/mol. The maximum absolute atomic E-state index is 11.5. The Bertz CT molecular complexity index is 1510. The molecule has 3 heterocycles. The SMILES string of the molecule is Cc1ccc(C(Nc2nc(C)c(-c3nc4c(C)nccc4s3)c(NC3(O)CCC(CO)C3O)n2)C2CC2)cc1. The van der Waals surface area contributed by atoms with Gasteiger partial charge in [0, 0.05) is 18.7 Å². The molecule has 204 valence electrons. The van der Waals surface area contributed by atoms with Crippen molar-refractivity contribution in [1.29, 1.82) is 0 Å². The second-order valence-electron chi connectivity index (χ2n) is 11.0. The molecule has 0 amide bonds. The molecule has 0 aliphatic heterocycles. The molecule has 4 aromatic rings. The van der Waals surface area contributed by atoms with E-state index in [2.05, 4.69) is 46.8 Å². The highest BCUT2D eigenvalue weighted by Crippen LogP contribution is 2.44. The Labute approximate surface area is 231 Å². The number of pyridine rings is 1. The predicted molar refractivity (Wildman–Crippen MR) is 153 cm³/mol. The molecule has 4 atom stereocenters. The van der Waals surface area contributed by atoms with E-state index in [0.29, 0.717) is 40.4 Å². The molecule has 2 fully saturated rings. The van der Waals surface area contributed by atoms with Crippen molar-refractivity contribution >= 4 is 33.3 Å². The first kappa shape index (κ1) is 26.1. The lowest BCUT2D eigenvalue weighted by atomic mass is 10.0. The zero-order valence-corrected chi connectivity index (χ0v) is 23.2. The van der Waals surface area contributed by atoms with E-state index in [-0.39, 0.29) is 19.1 Å². The third kappa shape index (κ3) is 4.98. The van der Waals surface area contributed by atoms with Crippen molar-refractivity contribution in [3.05, 3.63) is 59.0 Å². The number of aromatic nitrogens is 4. The van der Waals surface area contributed by atoms with E-state index in [4.69, 9.17) is 15.0 Å². The normalized spacial score (nSPS) is 23.7. The number of anilines is 2. The lowest BCUT2D eigenvalue weighted by Gasteiger charge is -2.31. The number of hydrogen-bond donors (Lipinski definition) is 5. The van der Waals surface area contributed by atoms with Gasteiger partial charge in [-0.15, -0.1) is 11.3 Å². The monoisotopic (exact) mass is 546 g/mol. The minimum absolute atomic E-state index is 0.0683. The van der Waals surface area contributed by atoms with Crippen LogP contribution in [0.15, 0.2) is 36.5 Å². The number of nitrogens with one attached hydrogen (secondary N) is 2. The van der Waals surface area contributed by atoms with Crippen LogP contribution in [0.5, 0.6) is 0 Å². The quantitative estimate of drug-likeness (QED) is 0.202. The largest absolute Gasteiger partial charge is 0.396 e. The number of aliphatic hydroxyl groups is 3. The molecular weight excluding hydrogens is 512 g/mol. The molecule has 6 rings (SSSR count). The number of thiazole rings is 1. The van der Waals surface area contributed by atoms with E-state index in [1.165, 1.54) is 22.5 Å². The lowest BCUT2D eigenvalue weighted by Crippen LogP contribution is -2.48. The minimum atomic E-state index is -1.64. The van der Waals surface area contributed by atoms with E-state index in [9.17, 15) is 15.3 Å². The first-order valence-electron chi connectivity index (χ1n) is 13.5. The highest BCUT2D eigenvalue weighted by molar-refractivity contribution is 7.21. The van der Waals surface area contributed by atoms with Gasteiger partial charge in [0.1, 0.15) is 22.4 Å². The maximum atomic E-state index is 11.5. The number of nitrogens with zero attached hydrogens (tertiary/aromatic N) is 4. The first-order valence-corrected chi connectivity index (χ1v) is 14.3. The van der Waals surface area contributed by atoms with E-state index in [1.54, 1.807) is 6.20 Å². The second-order valence-corrected chi connectivity index (χ2v) is 12.0. The molecule has 3 aromatic heterocycles. The fourth-order valence-corrected chi connectivity index (χ4v) is 6.63. The Morgan fingerprint density at radius 2 is 1.79 bits per heavy atom. The van der Waals surface area contributed by atoms with Crippen LogP contribution in [0.4, 0.5) is 11.8 Å². The van der Waals surface area contributed by atoms with Gasteiger partial charge >= 0.3 is 0 Å². The highest BCUT2D eigenvalue weighted by Gasteiger charge is 2.47. The van der Waals surface area contributed by atoms with Gasteiger partial charge in [-0.05, 0) is 64.0 Å². The third-order valence-corrected chi connectivity index (χ3v) is 9.05. The van der Waals surface area contributed by atoms with Crippen LogP contribution >= 0.6 is 11.3 Å². The Balaban J connectivity index is 1.43. The summed E-state index contributed by atoms with van der Waals surface area (Å²) in [5.74, 6) is 0.931. The van der Waals surface area contributed by atoms with Gasteiger partial charge in [-0.3, -0.25) is 4.98 Å². The van der Waals surface area contributed by atoms with Crippen molar-refractivity contribution in [2.75, 3.05) is 17.2 Å². The first-order chi connectivity index (χ1) is 18.8. The van der Waals surface area contributed by atoms with Crippen LogP contribution in [-0.4, -0.2) is 53.7 Å². The van der Waals surface area contributed by atoms with Crippen LogP contribution in [-0.2, 0) is 0 Å². The van der Waals surface area contributed by atoms with Gasteiger partial charge in [-0.1, -0.05) is 29.8 Å². The van der Waals surface area contributed by atoms with Crippen molar-refractivity contribution in [3.8, 4) is 10.6 Å². The fraction of sp³-hybridized carbons (Fsp3) is 0.448. The molecular formula is C29H34N6O3S.